The summed E-state index contributed by atoms with van der Waals surface area (Å²) in [5, 5.41) is 13.0. The summed E-state index contributed by atoms with van der Waals surface area (Å²) in [6.07, 6.45) is 0.847. The SMILES string of the molecule is CCc1nnc(NCc2c(F)cccc2Cl)s1. The van der Waals surface area contributed by atoms with Gasteiger partial charge in [-0.3, -0.25) is 0 Å². The zero-order chi connectivity index (χ0) is 12.3. The van der Waals surface area contributed by atoms with Gasteiger partial charge in [0.1, 0.15) is 10.8 Å². The van der Waals surface area contributed by atoms with Crippen LogP contribution >= 0.6 is 22.9 Å². The van der Waals surface area contributed by atoms with Crippen molar-refractivity contribution in [2.24, 2.45) is 0 Å². The Labute approximate surface area is 108 Å². The van der Waals surface area contributed by atoms with Gasteiger partial charge in [0.25, 0.3) is 0 Å². The zero-order valence-electron chi connectivity index (χ0n) is 9.20. The number of anilines is 1. The van der Waals surface area contributed by atoms with Gasteiger partial charge in [0.2, 0.25) is 5.13 Å². The highest BCUT2D eigenvalue weighted by molar-refractivity contribution is 7.15. The molecule has 0 fully saturated rings. The lowest BCUT2D eigenvalue weighted by atomic mass is 10.2. The molecule has 0 aliphatic rings. The van der Waals surface area contributed by atoms with E-state index in [1.165, 1.54) is 17.4 Å². The van der Waals surface area contributed by atoms with E-state index in [4.69, 9.17) is 11.6 Å². The molecule has 0 bridgehead atoms. The Morgan fingerprint density at radius 2 is 2.24 bits per heavy atom. The fourth-order valence-corrected chi connectivity index (χ4v) is 2.24. The second-order valence-electron chi connectivity index (χ2n) is 3.41. The zero-order valence-corrected chi connectivity index (χ0v) is 10.8. The molecule has 0 saturated carbocycles. The van der Waals surface area contributed by atoms with Crippen LogP contribution in [0.3, 0.4) is 0 Å². The van der Waals surface area contributed by atoms with Crippen LogP contribution in [0.15, 0.2) is 18.2 Å². The lowest BCUT2D eigenvalue weighted by molar-refractivity contribution is 0.613. The van der Waals surface area contributed by atoms with Crippen molar-refractivity contribution in [2.45, 2.75) is 19.9 Å². The van der Waals surface area contributed by atoms with Crippen LogP contribution in [0.2, 0.25) is 5.02 Å². The molecule has 0 unspecified atom stereocenters. The van der Waals surface area contributed by atoms with Crippen molar-refractivity contribution in [1.82, 2.24) is 10.2 Å². The van der Waals surface area contributed by atoms with E-state index in [1.54, 1.807) is 12.1 Å². The van der Waals surface area contributed by atoms with E-state index in [-0.39, 0.29) is 5.82 Å². The Bertz CT molecular complexity index is 495. The minimum Gasteiger partial charge on any atom is -0.356 e. The Morgan fingerprint density at radius 3 is 2.88 bits per heavy atom. The second-order valence-corrected chi connectivity index (χ2v) is 4.88. The number of aryl methyl sites for hydroxylation is 1. The van der Waals surface area contributed by atoms with E-state index < -0.39 is 0 Å². The molecule has 90 valence electrons. The first-order chi connectivity index (χ1) is 8.20. The van der Waals surface area contributed by atoms with Gasteiger partial charge in [-0.15, -0.1) is 10.2 Å². The lowest BCUT2D eigenvalue weighted by Crippen LogP contribution is -2.02. The fraction of sp³-hybridized carbons (Fsp3) is 0.273. The molecule has 6 heteroatoms. The number of hydrogen-bond donors (Lipinski definition) is 1. The number of halogens is 2. The number of aromatic nitrogens is 2. The molecular weight excluding hydrogens is 261 g/mol. The first-order valence-corrected chi connectivity index (χ1v) is 6.39. The largest absolute Gasteiger partial charge is 0.356 e. The van der Waals surface area contributed by atoms with E-state index in [9.17, 15) is 4.39 Å². The smallest absolute Gasteiger partial charge is 0.205 e. The topological polar surface area (TPSA) is 37.8 Å². The van der Waals surface area contributed by atoms with Crippen molar-refractivity contribution in [3.63, 3.8) is 0 Å². The van der Waals surface area contributed by atoms with E-state index in [1.807, 2.05) is 6.92 Å². The predicted molar refractivity (Wildman–Crippen MR) is 68.0 cm³/mol. The van der Waals surface area contributed by atoms with Gasteiger partial charge in [-0.2, -0.15) is 0 Å². The first kappa shape index (κ1) is 12.3. The molecule has 2 rings (SSSR count). The van der Waals surface area contributed by atoms with Crippen molar-refractivity contribution in [3.05, 3.63) is 39.6 Å². The van der Waals surface area contributed by atoms with E-state index in [0.717, 1.165) is 11.4 Å². The number of nitrogens with zero attached hydrogens (tertiary/aromatic N) is 2. The van der Waals surface area contributed by atoms with Gasteiger partial charge >= 0.3 is 0 Å². The Morgan fingerprint density at radius 1 is 1.41 bits per heavy atom. The Hall–Kier alpha value is -1.20. The van der Waals surface area contributed by atoms with E-state index in [0.29, 0.717) is 22.3 Å². The van der Waals surface area contributed by atoms with Crippen molar-refractivity contribution >= 4 is 28.1 Å². The van der Waals surface area contributed by atoms with Crippen LogP contribution in [0.1, 0.15) is 17.5 Å². The molecule has 3 nitrogen and oxygen atoms in total. The average Bonchev–Trinajstić information content (AvgIpc) is 2.76. The third-order valence-electron chi connectivity index (χ3n) is 2.25. The van der Waals surface area contributed by atoms with Gasteiger partial charge in [-0.25, -0.2) is 4.39 Å². The van der Waals surface area contributed by atoms with Crippen molar-refractivity contribution in [3.8, 4) is 0 Å². The molecule has 1 N–H and O–H groups in total. The second kappa shape index (κ2) is 5.42. The molecular formula is C11H11ClFN3S. The molecule has 0 radical (unpaired) electrons. The summed E-state index contributed by atoms with van der Waals surface area (Å²) in [5.41, 5.74) is 0.447. The molecule has 1 heterocycles. The summed E-state index contributed by atoms with van der Waals surface area (Å²) in [7, 11) is 0. The number of benzene rings is 1. The van der Waals surface area contributed by atoms with Gasteiger partial charge in [-0.1, -0.05) is 35.9 Å². The van der Waals surface area contributed by atoms with Gasteiger partial charge in [0.15, 0.2) is 0 Å². The van der Waals surface area contributed by atoms with Crippen LogP contribution < -0.4 is 5.32 Å². The van der Waals surface area contributed by atoms with Crippen molar-refractivity contribution in [2.75, 3.05) is 5.32 Å². The minimum atomic E-state index is -0.315. The highest BCUT2D eigenvalue weighted by atomic mass is 35.5. The third-order valence-corrected chi connectivity index (χ3v) is 3.63. The average molecular weight is 272 g/mol. The summed E-state index contributed by atoms with van der Waals surface area (Å²) < 4.78 is 13.5. The maximum absolute atomic E-state index is 13.5. The van der Waals surface area contributed by atoms with Gasteiger partial charge in [0, 0.05) is 17.1 Å². The summed E-state index contributed by atoms with van der Waals surface area (Å²) in [6.45, 7) is 2.32. The monoisotopic (exact) mass is 271 g/mol. The van der Waals surface area contributed by atoms with Crippen LogP contribution in [0.25, 0.3) is 0 Å². The Kier molecular flexibility index (Phi) is 3.91. The highest BCUT2D eigenvalue weighted by Gasteiger charge is 2.08. The van der Waals surface area contributed by atoms with E-state index in [2.05, 4.69) is 15.5 Å². The molecule has 0 aliphatic carbocycles. The van der Waals surface area contributed by atoms with Crippen molar-refractivity contribution in [1.29, 1.82) is 0 Å². The van der Waals surface area contributed by atoms with Crippen LogP contribution in [0.5, 0.6) is 0 Å². The normalized spacial score (nSPS) is 10.5. The fourth-order valence-electron chi connectivity index (χ4n) is 1.33. The molecule has 1 aromatic carbocycles. The summed E-state index contributed by atoms with van der Waals surface area (Å²) in [4.78, 5) is 0. The number of hydrogen-bond acceptors (Lipinski definition) is 4. The van der Waals surface area contributed by atoms with Crippen molar-refractivity contribution < 1.29 is 4.39 Å². The molecule has 17 heavy (non-hydrogen) atoms. The molecule has 1 aromatic heterocycles. The van der Waals surface area contributed by atoms with Gasteiger partial charge in [0.05, 0.1) is 0 Å². The van der Waals surface area contributed by atoms with Crippen LogP contribution in [0.4, 0.5) is 9.52 Å². The van der Waals surface area contributed by atoms with E-state index >= 15 is 0 Å². The lowest BCUT2D eigenvalue weighted by Gasteiger charge is -2.05. The predicted octanol–water partition coefficient (Wildman–Crippen LogP) is 3.51. The van der Waals surface area contributed by atoms with Crippen LogP contribution in [-0.4, -0.2) is 10.2 Å². The highest BCUT2D eigenvalue weighted by Crippen LogP contribution is 2.21. The molecule has 0 amide bonds. The molecule has 0 aliphatic heterocycles. The van der Waals surface area contributed by atoms with Crippen LogP contribution in [0, 0.1) is 5.82 Å². The van der Waals surface area contributed by atoms with Gasteiger partial charge in [-0.05, 0) is 18.6 Å². The maximum atomic E-state index is 13.5. The summed E-state index contributed by atoms with van der Waals surface area (Å²) in [6, 6.07) is 4.64. The summed E-state index contributed by atoms with van der Waals surface area (Å²) >= 11 is 7.38. The molecule has 2 aromatic rings. The van der Waals surface area contributed by atoms with Crippen LogP contribution in [-0.2, 0) is 13.0 Å². The maximum Gasteiger partial charge on any atom is 0.205 e. The quantitative estimate of drug-likeness (QED) is 0.925. The standard InChI is InChI=1S/C11H11ClFN3S/c1-2-10-15-16-11(17-10)14-6-7-8(12)4-3-5-9(7)13/h3-5H,2,6H2,1H3,(H,14,16). The molecule has 0 atom stereocenters. The number of nitrogens with one attached hydrogen (secondary N) is 1. The number of rotatable bonds is 4. The first-order valence-electron chi connectivity index (χ1n) is 5.20. The molecule has 0 spiro atoms. The van der Waals surface area contributed by atoms with Gasteiger partial charge < -0.3 is 5.32 Å². The Balaban J connectivity index is 2.07. The minimum absolute atomic E-state index is 0.309. The molecule has 0 saturated heterocycles. The third kappa shape index (κ3) is 2.92. The summed E-state index contributed by atoms with van der Waals surface area (Å²) in [5.74, 6) is -0.315.